The van der Waals surface area contributed by atoms with Crippen LogP contribution in [0.5, 0.6) is 0 Å². The Morgan fingerprint density at radius 3 is 2.52 bits per heavy atom. The van der Waals surface area contributed by atoms with Gasteiger partial charge in [-0.25, -0.2) is 4.98 Å². The van der Waals surface area contributed by atoms with E-state index in [4.69, 9.17) is 11.6 Å². The van der Waals surface area contributed by atoms with Crippen molar-refractivity contribution in [2.24, 2.45) is 0 Å². The molecule has 0 unspecified atom stereocenters. The van der Waals surface area contributed by atoms with Crippen molar-refractivity contribution >= 4 is 40.7 Å². The van der Waals surface area contributed by atoms with E-state index in [-0.39, 0.29) is 11.7 Å². The van der Waals surface area contributed by atoms with Gasteiger partial charge in [0.15, 0.2) is 5.78 Å². The van der Waals surface area contributed by atoms with E-state index < -0.39 is 5.25 Å². The predicted molar refractivity (Wildman–Crippen MR) is 109 cm³/mol. The first-order chi connectivity index (χ1) is 13.0. The monoisotopic (exact) mass is 396 g/mol. The van der Waals surface area contributed by atoms with Crippen molar-refractivity contribution in [2.45, 2.75) is 17.2 Å². The number of amides is 1. The molecule has 3 aromatic rings. The maximum atomic E-state index is 13.0. The molecule has 0 bridgehead atoms. The molecule has 0 fully saturated rings. The number of benzene rings is 2. The summed E-state index contributed by atoms with van der Waals surface area (Å²) in [5.74, 6) is -0.269. The predicted octanol–water partition coefficient (Wildman–Crippen LogP) is 5.41. The molecule has 6 heteroatoms. The number of pyridine rings is 1. The van der Waals surface area contributed by atoms with Gasteiger partial charge in [0.25, 0.3) is 0 Å². The molecule has 0 aliphatic rings. The molecule has 1 heterocycles. The molecule has 27 heavy (non-hydrogen) atoms. The first kappa shape index (κ1) is 19.1. The summed E-state index contributed by atoms with van der Waals surface area (Å²) in [5, 5.41) is 3.43. The summed E-state index contributed by atoms with van der Waals surface area (Å²) in [6.07, 6.45) is 1.64. The highest BCUT2D eigenvalue weighted by atomic mass is 35.5. The van der Waals surface area contributed by atoms with E-state index in [9.17, 15) is 9.59 Å². The molecule has 0 saturated heterocycles. The summed E-state index contributed by atoms with van der Waals surface area (Å²) in [4.78, 5) is 28.9. The smallest absolute Gasteiger partial charge is 0.242 e. The Labute approximate surface area is 167 Å². The Balaban J connectivity index is 1.88. The Kier molecular flexibility index (Phi) is 6.27. The second-order valence-electron chi connectivity index (χ2n) is 5.83. The van der Waals surface area contributed by atoms with Gasteiger partial charge in [-0.1, -0.05) is 65.8 Å². The number of rotatable bonds is 6. The second-order valence-corrected chi connectivity index (χ2v) is 7.33. The van der Waals surface area contributed by atoms with Crippen LogP contribution < -0.4 is 5.32 Å². The molecule has 3 rings (SSSR count). The summed E-state index contributed by atoms with van der Waals surface area (Å²) in [6, 6.07) is 19.8. The van der Waals surface area contributed by atoms with Crippen LogP contribution >= 0.6 is 23.4 Å². The zero-order chi connectivity index (χ0) is 19.2. The van der Waals surface area contributed by atoms with Crippen molar-refractivity contribution < 1.29 is 9.59 Å². The van der Waals surface area contributed by atoms with Crippen LogP contribution in [0.3, 0.4) is 0 Å². The fraction of sp³-hybridized carbons (Fsp3) is 0.0952. The molecule has 0 aliphatic heterocycles. The van der Waals surface area contributed by atoms with Crippen LogP contribution in [-0.4, -0.2) is 16.7 Å². The summed E-state index contributed by atoms with van der Waals surface area (Å²) >= 11 is 7.51. The molecular formula is C21H17ClN2O2S. The number of halogens is 1. The van der Waals surface area contributed by atoms with Crippen LogP contribution in [-0.2, 0) is 4.79 Å². The number of hydrogen-bond acceptors (Lipinski definition) is 4. The van der Waals surface area contributed by atoms with Gasteiger partial charge in [-0.05, 0) is 36.8 Å². The number of aromatic nitrogens is 1. The average molecular weight is 397 g/mol. The molecule has 1 atom stereocenters. The van der Waals surface area contributed by atoms with Gasteiger partial charge in [0, 0.05) is 17.4 Å². The molecular weight excluding hydrogens is 380 g/mol. The number of carbonyl (C=O) groups is 2. The SMILES string of the molecule is CC(=O)c1cccc(NC(=O)[C@H](Sc2ncccc2Cl)c2ccccc2)c1. The van der Waals surface area contributed by atoms with Crippen molar-refractivity contribution in [3.63, 3.8) is 0 Å². The highest BCUT2D eigenvalue weighted by Crippen LogP contribution is 2.38. The van der Waals surface area contributed by atoms with Gasteiger partial charge in [0.1, 0.15) is 10.3 Å². The Morgan fingerprint density at radius 2 is 1.81 bits per heavy atom. The topological polar surface area (TPSA) is 59.1 Å². The first-order valence-corrected chi connectivity index (χ1v) is 9.54. The minimum absolute atomic E-state index is 0.0552. The number of nitrogens with one attached hydrogen (secondary N) is 1. The summed E-state index contributed by atoms with van der Waals surface area (Å²) < 4.78 is 0. The van der Waals surface area contributed by atoms with Gasteiger partial charge in [-0.15, -0.1) is 0 Å². The van der Waals surface area contributed by atoms with E-state index in [0.29, 0.717) is 21.3 Å². The van der Waals surface area contributed by atoms with E-state index in [1.807, 2.05) is 30.3 Å². The van der Waals surface area contributed by atoms with Crippen molar-refractivity contribution in [2.75, 3.05) is 5.32 Å². The lowest BCUT2D eigenvalue weighted by molar-refractivity contribution is -0.115. The number of ketones is 1. The van der Waals surface area contributed by atoms with Crippen molar-refractivity contribution in [3.05, 3.63) is 89.1 Å². The maximum absolute atomic E-state index is 13.0. The highest BCUT2D eigenvalue weighted by Gasteiger charge is 2.24. The quantitative estimate of drug-likeness (QED) is 0.447. The average Bonchev–Trinajstić information content (AvgIpc) is 2.68. The minimum atomic E-state index is -0.542. The molecule has 4 nitrogen and oxygen atoms in total. The summed E-state index contributed by atoms with van der Waals surface area (Å²) in [7, 11) is 0. The molecule has 1 amide bonds. The summed E-state index contributed by atoms with van der Waals surface area (Å²) in [5.41, 5.74) is 1.95. The number of anilines is 1. The number of hydrogen-bond donors (Lipinski definition) is 1. The van der Waals surface area contributed by atoms with Gasteiger partial charge in [0.05, 0.1) is 5.02 Å². The fourth-order valence-electron chi connectivity index (χ4n) is 2.49. The third-order valence-electron chi connectivity index (χ3n) is 3.83. The Morgan fingerprint density at radius 1 is 1.04 bits per heavy atom. The van der Waals surface area contributed by atoms with Crippen molar-refractivity contribution in [3.8, 4) is 0 Å². The largest absolute Gasteiger partial charge is 0.325 e. The van der Waals surface area contributed by atoms with Crippen molar-refractivity contribution in [1.82, 2.24) is 4.98 Å². The molecule has 2 aromatic carbocycles. The molecule has 0 saturated carbocycles. The molecule has 1 N–H and O–H groups in total. The normalized spacial score (nSPS) is 11.6. The fourth-order valence-corrected chi connectivity index (χ4v) is 3.73. The number of nitrogens with zero attached hydrogens (tertiary/aromatic N) is 1. The Hall–Kier alpha value is -2.63. The maximum Gasteiger partial charge on any atom is 0.242 e. The lowest BCUT2D eigenvalue weighted by atomic mass is 10.1. The molecule has 136 valence electrons. The lowest BCUT2D eigenvalue weighted by Gasteiger charge is -2.17. The van der Waals surface area contributed by atoms with Crippen LogP contribution in [0, 0.1) is 0 Å². The zero-order valence-electron chi connectivity index (χ0n) is 14.6. The third kappa shape index (κ3) is 4.96. The van der Waals surface area contributed by atoms with Crippen molar-refractivity contribution in [1.29, 1.82) is 0 Å². The highest BCUT2D eigenvalue weighted by molar-refractivity contribution is 8.00. The number of thioether (sulfide) groups is 1. The molecule has 0 radical (unpaired) electrons. The van der Waals surface area contributed by atoms with E-state index in [1.165, 1.54) is 18.7 Å². The molecule has 0 aliphatic carbocycles. The van der Waals surface area contributed by atoms with Gasteiger partial charge in [-0.2, -0.15) is 0 Å². The second kappa shape index (κ2) is 8.84. The minimum Gasteiger partial charge on any atom is -0.325 e. The number of carbonyl (C=O) groups excluding carboxylic acids is 2. The lowest BCUT2D eigenvalue weighted by Crippen LogP contribution is -2.19. The van der Waals surface area contributed by atoms with E-state index in [2.05, 4.69) is 10.3 Å². The Bertz CT molecular complexity index is 963. The van der Waals surface area contributed by atoms with Crippen LogP contribution in [0.2, 0.25) is 5.02 Å². The van der Waals surface area contributed by atoms with Crippen LogP contribution in [0.15, 0.2) is 78.0 Å². The van der Waals surface area contributed by atoms with Crippen LogP contribution in [0.25, 0.3) is 0 Å². The third-order valence-corrected chi connectivity index (χ3v) is 5.52. The van der Waals surface area contributed by atoms with Gasteiger partial charge in [0.2, 0.25) is 5.91 Å². The summed E-state index contributed by atoms with van der Waals surface area (Å²) in [6.45, 7) is 1.49. The van der Waals surface area contributed by atoms with Gasteiger partial charge in [-0.3, -0.25) is 9.59 Å². The van der Waals surface area contributed by atoms with Gasteiger partial charge < -0.3 is 5.32 Å². The van der Waals surface area contributed by atoms with E-state index in [1.54, 1.807) is 42.6 Å². The van der Waals surface area contributed by atoms with Gasteiger partial charge >= 0.3 is 0 Å². The molecule has 0 spiro atoms. The van der Waals surface area contributed by atoms with Crippen LogP contribution in [0.4, 0.5) is 5.69 Å². The first-order valence-electron chi connectivity index (χ1n) is 8.28. The zero-order valence-corrected chi connectivity index (χ0v) is 16.1. The molecule has 1 aromatic heterocycles. The number of Topliss-reactive ketones (excluding diaryl/α,β-unsaturated/α-hetero) is 1. The van der Waals surface area contributed by atoms with Crippen LogP contribution in [0.1, 0.15) is 28.1 Å². The standard InChI is InChI=1S/C21H17ClN2O2S/c1-14(25)16-9-5-10-17(13-16)24-20(26)19(15-7-3-2-4-8-15)27-21-18(22)11-6-12-23-21/h2-13,19H,1H3,(H,24,26)/t19-/m1/s1. The van der Waals surface area contributed by atoms with E-state index in [0.717, 1.165) is 5.56 Å². The van der Waals surface area contributed by atoms with E-state index >= 15 is 0 Å².